The number of benzene rings is 1. The van der Waals surface area contributed by atoms with E-state index in [2.05, 4.69) is 19.2 Å². The molecule has 3 nitrogen and oxygen atoms in total. The summed E-state index contributed by atoms with van der Waals surface area (Å²) in [6, 6.07) is 7.87. The number of rotatable bonds is 5. The monoisotopic (exact) mass is 235 g/mol. The van der Waals surface area contributed by atoms with E-state index in [9.17, 15) is 4.79 Å². The maximum Gasteiger partial charge on any atom is 0.224 e. The summed E-state index contributed by atoms with van der Waals surface area (Å²) in [4.78, 5) is 11.5. The third-order valence-electron chi connectivity index (χ3n) is 2.65. The fourth-order valence-corrected chi connectivity index (χ4v) is 1.51. The van der Waals surface area contributed by atoms with Crippen molar-refractivity contribution in [1.82, 2.24) is 0 Å². The minimum atomic E-state index is -0.427. The molecule has 94 valence electrons. The molecule has 0 aliphatic heterocycles. The Morgan fingerprint density at radius 3 is 2.29 bits per heavy atom. The first-order valence-electron chi connectivity index (χ1n) is 6.07. The summed E-state index contributed by atoms with van der Waals surface area (Å²) in [5, 5.41) is 11.9. The lowest BCUT2D eigenvalue weighted by atomic mass is 10.0. The van der Waals surface area contributed by atoms with E-state index in [1.54, 1.807) is 6.92 Å². The summed E-state index contributed by atoms with van der Waals surface area (Å²) in [5.41, 5.74) is 2.07. The molecule has 1 amide bonds. The van der Waals surface area contributed by atoms with Gasteiger partial charge in [0.05, 0.1) is 6.10 Å². The summed E-state index contributed by atoms with van der Waals surface area (Å²) in [6.07, 6.45) is 0.420. The van der Waals surface area contributed by atoms with Crippen LogP contribution in [0.4, 0.5) is 5.69 Å². The highest BCUT2D eigenvalue weighted by Crippen LogP contribution is 2.17. The van der Waals surface area contributed by atoms with Gasteiger partial charge in [0.1, 0.15) is 0 Å². The number of carbonyl (C=O) groups is 1. The second-order valence-electron chi connectivity index (χ2n) is 4.71. The van der Waals surface area contributed by atoms with Crippen LogP contribution in [0.25, 0.3) is 0 Å². The van der Waals surface area contributed by atoms with Crippen LogP contribution < -0.4 is 5.32 Å². The lowest BCUT2D eigenvalue weighted by Gasteiger charge is -2.09. The number of hydrogen-bond acceptors (Lipinski definition) is 2. The molecule has 1 unspecified atom stereocenters. The van der Waals surface area contributed by atoms with E-state index in [0.29, 0.717) is 18.8 Å². The van der Waals surface area contributed by atoms with E-state index in [0.717, 1.165) is 5.69 Å². The van der Waals surface area contributed by atoms with Crippen LogP contribution >= 0.6 is 0 Å². The van der Waals surface area contributed by atoms with Gasteiger partial charge in [0.15, 0.2) is 0 Å². The van der Waals surface area contributed by atoms with Crippen molar-refractivity contribution in [3.8, 4) is 0 Å². The second kappa shape index (κ2) is 6.40. The maximum atomic E-state index is 11.5. The number of anilines is 1. The minimum Gasteiger partial charge on any atom is -0.393 e. The summed E-state index contributed by atoms with van der Waals surface area (Å²) < 4.78 is 0. The van der Waals surface area contributed by atoms with Crippen molar-refractivity contribution >= 4 is 11.6 Å². The van der Waals surface area contributed by atoms with Gasteiger partial charge in [0.25, 0.3) is 0 Å². The van der Waals surface area contributed by atoms with Crippen molar-refractivity contribution in [2.75, 3.05) is 5.32 Å². The van der Waals surface area contributed by atoms with Gasteiger partial charge in [0, 0.05) is 12.1 Å². The number of carbonyl (C=O) groups excluding carboxylic acids is 1. The number of aliphatic hydroxyl groups is 1. The quantitative estimate of drug-likeness (QED) is 0.824. The Morgan fingerprint density at radius 2 is 1.82 bits per heavy atom. The Morgan fingerprint density at radius 1 is 1.24 bits per heavy atom. The van der Waals surface area contributed by atoms with Gasteiger partial charge in [-0.2, -0.15) is 0 Å². The number of amides is 1. The summed E-state index contributed by atoms with van der Waals surface area (Å²) in [5.74, 6) is 0.443. The lowest BCUT2D eigenvalue weighted by Crippen LogP contribution is -2.14. The molecule has 17 heavy (non-hydrogen) atoms. The van der Waals surface area contributed by atoms with Gasteiger partial charge in [0.2, 0.25) is 5.91 Å². The van der Waals surface area contributed by atoms with Crippen molar-refractivity contribution in [1.29, 1.82) is 0 Å². The van der Waals surface area contributed by atoms with Crippen molar-refractivity contribution < 1.29 is 9.90 Å². The molecule has 0 aliphatic carbocycles. The van der Waals surface area contributed by atoms with Crippen LogP contribution in [0.5, 0.6) is 0 Å². The topological polar surface area (TPSA) is 49.3 Å². The van der Waals surface area contributed by atoms with Crippen molar-refractivity contribution in [2.45, 2.75) is 45.6 Å². The lowest BCUT2D eigenvalue weighted by molar-refractivity contribution is -0.116. The van der Waals surface area contributed by atoms with E-state index < -0.39 is 6.10 Å². The summed E-state index contributed by atoms with van der Waals surface area (Å²) >= 11 is 0. The van der Waals surface area contributed by atoms with Crippen LogP contribution in [0.3, 0.4) is 0 Å². The van der Waals surface area contributed by atoms with Gasteiger partial charge in [-0.1, -0.05) is 26.0 Å². The summed E-state index contributed by atoms with van der Waals surface area (Å²) in [6.45, 7) is 5.96. The Labute approximate surface area is 103 Å². The molecule has 2 N–H and O–H groups in total. The van der Waals surface area contributed by atoms with E-state index in [1.165, 1.54) is 5.56 Å². The first-order chi connectivity index (χ1) is 7.99. The fourth-order valence-electron chi connectivity index (χ4n) is 1.51. The zero-order chi connectivity index (χ0) is 12.8. The Balaban J connectivity index is 2.48. The molecular weight excluding hydrogens is 214 g/mol. The Hall–Kier alpha value is -1.35. The fraction of sp³-hybridized carbons (Fsp3) is 0.500. The van der Waals surface area contributed by atoms with Crippen LogP contribution in [0.1, 0.15) is 45.1 Å². The van der Waals surface area contributed by atoms with Gasteiger partial charge in [-0.15, -0.1) is 0 Å². The zero-order valence-electron chi connectivity index (χ0n) is 10.7. The Bertz CT molecular complexity index is 355. The molecule has 0 heterocycles. The van der Waals surface area contributed by atoms with Gasteiger partial charge < -0.3 is 10.4 Å². The van der Waals surface area contributed by atoms with Crippen molar-refractivity contribution in [2.24, 2.45) is 0 Å². The van der Waals surface area contributed by atoms with E-state index >= 15 is 0 Å². The zero-order valence-corrected chi connectivity index (χ0v) is 10.7. The predicted molar refractivity (Wildman–Crippen MR) is 70.1 cm³/mol. The smallest absolute Gasteiger partial charge is 0.224 e. The van der Waals surface area contributed by atoms with Crippen molar-refractivity contribution in [3.05, 3.63) is 29.8 Å². The maximum absolute atomic E-state index is 11.5. The van der Waals surface area contributed by atoms with Gasteiger partial charge in [-0.25, -0.2) is 0 Å². The number of nitrogens with one attached hydrogen (secondary N) is 1. The molecule has 0 aromatic heterocycles. The van der Waals surface area contributed by atoms with Gasteiger partial charge in [-0.05, 0) is 37.0 Å². The second-order valence-corrected chi connectivity index (χ2v) is 4.71. The average molecular weight is 235 g/mol. The highest BCUT2D eigenvalue weighted by molar-refractivity contribution is 5.90. The molecule has 0 bridgehead atoms. The van der Waals surface area contributed by atoms with E-state index in [1.807, 2.05) is 24.3 Å². The van der Waals surface area contributed by atoms with Gasteiger partial charge >= 0.3 is 0 Å². The standard InChI is InChI=1S/C14H21NO2/c1-10(2)12-5-7-13(8-6-12)15-14(17)9-4-11(3)16/h5-8,10-11,16H,4,9H2,1-3H3,(H,15,17). The van der Waals surface area contributed by atoms with Crippen LogP contribution in [0.2, 0.25) is 0 Å². The molecule has 1 aromatic carbocycles. The molecule has 0 spiro atoms. The van der Waals surface area contributed by atoms with Crippen LogP contribution in [-0.2, 0) is 4.79 Å². The van der Waals surface area contributed by atoms with Crippen LogP contribution in [-0.4, -0.2) is 17.1 Å². The first kappa shape index (κ1) is 13.7. The molecule has 1 rings (SSSR count). The molecule has 3 heteroatoms. The highest BCUT2D eigenvalue weighted by Gasteiger charge is 2.05. The van der Waals surface area contributed by atoms with Crippen LogP contribution in [0.15, 0.2) is 24.3 Å². The van der Waals surface area contributed by atoms with Gasteiger partial charge in [-0.3, -0.25) is 4.79 Å². The molecular formula is C14H21NO2. The molecule has 0 saturated heterocycles. The average Bonchev–Trinajstić information content (AvgIpc) is 2.27. The third kappa shape index (κ3) is 5.00. The first-order valence-corrected chi connectivity index (χ1v) is 6.07. The normalized spacial score (nSPS) is 12.5. The summed E-state index contributed by atoms with van der Waals surface area (Å²) in [7, 11) is 0. The third-order valence-corrected chi connectivity index (χ3v) is 2.65. The van der Waals surface area contributed by atoms with Crippen LogP contribution in [0, 0.1) is 0 Å². The Kier molecular flexibility index (Phi) is 5.16. The molecule has 0 fully saturated rings. The minimum absolute atomic E-state index is 0.0526. The molecule has 0 aliphatic rings. The predicted octanol–water partition coefficient (Wildman–Crippen LogP) is 2.91. The molecule has 1 aromatic rings. The highest BCUT2D eigenvalue weighted by atomic mass is 16.3. The SMILES string of the molecule is CC(O)CCC(=O)Nc1ccc(C(C)C)cc1. The molecule has 1 atom stereocenters. The largest absolute Gasteiger partial charge is 0.393 e. The van der Waals surface area contributed by atoms with E-state index in [4.69, 9.17) is 5.11 Å². The van der Waals surface area contributed by atoms with E-state index in [-0.39, 0.29) is 5.91 Å². The molecule has 0 saturated carbocycles. The molecule has 0 radical (unpaired) electrons. The number of aliphatic hydroxyl groups excluding tert-OH is 1. The number of hydrogen-bond donors (Lipinski definition) is 2. The van der Waals surface area contributed by atoms with Crippen molar-refractivity contribution in [3.63, 3.8) is 0 Å².